The highest BCUT2D eigenvalue weighted by atomic mass is 32.2. The van der Waals surface area contributed by atoms with Crippen LogP contribution in [0.2, 0.25) is 0 Å². The van der Waals surface area contributed by atoms with E-state index in [4.69, 9.17) is 4.74 Å². The average Bonchev–Trinajstić information content (AvgIpc) is 2.66. The van der Waals surface area contributed by atoms with Gasteiger partial charge in [-0.2, -0.15) is 4.72 Å². The third kappa shape index (κ3) is 7.11. The van der Waals surface area contributed by atoms with E-state index in [1.54, 1.807) is 31.2 Å². The van der Waals surface area contributed by atoms with Crippen molar-refractivity contribution in [3.8, 4) is 5.75 Å². The fraction of sp³-hybridized carbons (Fsp3) is 0.409. The van der Waals surface area contributed by atoms with Crippen molar-refractivity contribution in [2.24, 2.45) is 5.92 Å². The van der Waals surface area contributed by atoms with Gasteiger partial charge in [-0.1, -0.05) is 43.7 Å². The van der Waals surface area contributed by atoms with Gasteiger partial charge >= 0.3 is 0 Å². The maximum atomic E-state index is 13.7. The van der Waals surface area contributed by atoms with E-state index in [-0.39, 0.29) is 23.2 Å². The van der Waals surface area contributed by atoms with Crippen LogP contribution >= 0.6 is 0 Å². The molecule has 0 heterocycles. The molecule has 30 heavy (non-hydrogen) atoms. The van der Waals surface area contributed by atoms with Gasteiger partial charge in [0.2, 0.25) is 15.9 Å². The molecule has 2 atom stereocenters. The van der Waals surface area contributed by atoms with Crippen molar-refractivity contribution in [1.29, 1.82) is 0 Å². The standard InChI is InChI=1S/C22H29FN2O4S/c1-15(2)13-20(25-30(27,28)18-11-9-16(3)10-12-18)22(26)24-17(4)14-29-21-8-6-5-7-19(21)23/h5-12,15,17,20,25H,13-14H2,1-4H3,(H,24,26). The molecule has 2 aromatic carbocycles. The summed E-state index contributed by atoms with van der Waals surface area (Å²) in [5.74, 6) is -0.757. The Hall–Kier alpha value is -2.45. The van der Waals surface area contributed by atoms with E-state index in [1.165, 1.54) is 24.3 Å². The van der Waals surface area contributed by atoms with Crippen LogP contribution in [-0.4, -0.2) is 33.0 Å². The van der Waals surface area contributed by atoms with Crippen molar-refractivity contribution in [2.45, 2.75) is 51.1 Å². The molecule has 0 saturated heterocycles. The van der Waals surface area contributed by atoms with E-state index in [1.807, 2.05) is 20.8 Å². The minimum atomic E-state index is -3.86. The van der Waals surface area contributed by atoms with Crippen molar-refractivity contribution >= 4 is 15.9 Å². The van der Waals surface area contributed by atoms with Gasteiger partial charge in [-0.15, -0.1) is 0 Å². The van der Waals surface area contributed by atoms with Gasteiger partial charge in [-0.05, 0) is 50.5 Å². The molecule has 0 spiro atoms. The van der Waals surface area contributed by atoms with Gasteiger partial charge in [0.15, 0.2) is 11.6 Å². The van der Waals surface area contributed by atoms with Crippen LogP contribution in [0.4, 0.5) is 4.39 Å². The van der Waals surface area contributed by atoms with E-state index in [2.05, 4.69) is 10.0 Å². The summed E-state index contributed by atoms with van der Waals surface area (Å²) in [6, 6.07) is 11.0. The normalized spacial score (nSPS) is 13.7. The lowest BCUT2D eigenvalue weighted by Gasteiger charge is -2.23. The zero-order valence-corrected chi connectivity index (χ0v) is 18.5. The lowest BCUT2D eigenvalue weighted by Crippen LogP contribution is -2.50. The molecular weight excluding hydrogens is 407 g/mol. The Balaban J connectivity index is 2.03. The second-order valence-corrected chi connectivity index (χ2v) is 9.48. The van der Waals surface area contributed by atoms with Gasteiger partial charge in [-0.3, -0.25) is 4.79 Å². The number of carbonyl (C=O) groups is 1. The number of amides is 1. The zero-order valence-electron chi connectivity index (χ0n) is 17.7. The first-order valence-electron chi connectivity index (χ1n) is 9.85. The Labute approximate surface area is 177 Å². The van der Waals surface area contributed by atoms with Crippen LogP contribution in [0.15, 0.2) is 53.4 Å². The van der Waals surface area contributed by atoms with Crippen LogP contribution in [0, 0.1) is 18.7 Å². The molecule has 0 saturated carbocycles. The summed E-state index contributed by atoms with van der Waals surface area (Å²) in [6.07, 6.45) is 0.331. The van der Waals surface area contributed by atoms with Gasteiger partial charge in [0.1, 0.15) is 12.6 Å². The minimum Gasteiger partial charge on any atom is -0.488 e. The topological polar surface area (TPSA) is 84.5 Å². The fourth-order valence-electron chi connectivity index (χ4n) is 2.81. The quantitative estimate of drug-likeness (QED) is 0.598. The highest BCUT2D eigenvalue weighted by Gasteiger charge is 2.27. The van der Waals surface area contributed by atoms with E-state index in [9.17, 15) is 17.6 Å². The van der Waals surface area contributed by atoms with E-state index < -0.39 is 33.8 Å². The third-order valence-electron chi connectivity index (χ3n) is 4.37. The third-order valence-corrected chi connectivity index (χ3v) is 5.85. The molecule has 0 aliphatic heterocycles. The highest BCUT2D eigenvalue weighted by molar-refractivity contribution is 7.89. The molecule has 2 unspecified atom stereocenters. The van der Waals surface area contributed by atoms with Crippen molar-refractivity contribution in [3.63, 3.8) is 0 Å². The SMILES string of the molecule is Cc1ccc(S(=O)(=O)NC(CC(C)C)C(=O)NC(C)COc2ccccc2F)cc1. The Morgan fingerprint density at radius 1 is 1.07 bits per heavy atom. The summed E-state index contributed by atoms with van der Waals surface area (Å²) in [6.45, 7) is 7.44. The second kappa shape index (κ2) is 10.5. The van der Waals surface area contributed by atoms with Crippen LogP contribution < -0.4 is 14.8 Å². The number of hydrogen-bond acceptors (Lipinski definition) is 4. The van der Waals surface area contributed by atoms with Gasteiger partial charge in [-0.25, -0.2) is 12.8 Å². The molecule has 0 aliphatic rings. The first-order chi connectivity index (χ1) is 14.1. The molecular formula is C22H29FN2O4S. The fourth-order valence-corrected chi connectivity index (χ4v) is 4.02. The van der Waals surface area contributed by atoms with E-state index in [0.717, 1.165) is 5.56 Å². The highest BCUT2D eigenvalue weighted by Crippen LogP contribution is 2.16. The van der Waals surface area contributed by atoms with Gasteiger partial charge in [0.05, 0.1) is 10.9 Å². The molecule has 6 nitrogen and oxygen atoms in total. The lowest BCUT2D eigenvalue weighted by atomic mass is 10.0. The van der Waals surface area contributed by atoms with Gasteiger partial charge < -0.3 is 10.1 Å². The minimum absolute atomic E-state index is 0.0474. The van der Waals surface area contributed by atoms with Gasteiger partial charge in [0.25, 0.3) is 0 Å². The largest absolute Gasteiger partial charge is 0.488 e. The first-order valence-corrected chi connectivity index (χ1v) is 11.3. The predicted octanol–water partition coefficient (Wildman–Crippen LogP) is 3.41. The molecule has 2 aromatic rings. The Morgan fingerprint density at radius 2 is 1.70 bits per heavy atom. The number of carbonyl (C=O) groups excluding carboxylic acids is 1. The summed E-state index contributed by atoms with van der Waals surface area (Å²) in [5, 5.41) is 2.74. The predicted molar refractivity (Wildman–Crippen MR) is 114 cm³/mol. The molecule has 0 fully saturated rings. The van der Waals surface area contributed by atoms with Crippen molar-refractivity contribution < 1.29 is 22.3 Å². The number of hydrogen-bond donors (Lipinski definition) is 2. The maximum Gasteiger partial charge on any atom is 0.241 e. The number of para-hydroxylation sites is 1. The molecule has 0 aromatic heterocycles. The molecule has 2 N–H and O–H groups in total. The van der Waals surface area contributed by atoms with Crippen LogP contribution in [0.5, 0.6) is 5.75 Å². The summed E-state index contributed by atoms with van der Waals surface area (Å²) < 4.78 is 47.0. The summed E-state index contributed by atoms with van der Waals surface area (Å²) >= 11 is 0. The van der Waals surface area contributed by atoms with Crippen LogP contribution in [-0.2, 0) is 14.8 Å². The second-order valence-electron chi connectivity index (χ2n) is 7.77. The summed E-state index contributed by atoms with van der Waals surface area (Å²) in [5.41, 5.74) is 0.939. The number of rotatable bonds is 10. The summed E-state index contributed by atoms with van der Waals surface area (Å²) in [7, 11) is -3.86. The Morgan fingerprint density at radius 3 is 2.30 bits per heavy atom. The Bertz CT molecular complexity index is 946. The number of halogens is 1. The number of aryl methyl sites for hydroxylation is 1. The number of nitrogens with one attached hydrogen (secondary N) is 2. The smallest absolute Gasteiger partial charge is 0.241 e. The monoisotopic (exact) mass is 436 g/mol. The molecule has 0 bridgehead atoms. The molecule has 0 aliphatic carbocycles. The van der Waals surface area contributed by atoms with Gasteiger partial charge in [0, 0.05) is 0 Å². The van der Waals surface area contributed by atoms with Crippen LogP contribution in [0.3, 0.4) is 0 Å². The molecule has 8 heteroatoms. The van der Waals surface area contributed by atoms with Crippen LogP contribution in [0.25, 0.3) is 0 Å². The van der Waals surface area contributed by atoms with E-state index >= 15 is 0 Å². The number of benzene rings is 2. The van der Waals surface area contributed by atoms with E-state index in [0.29, 0.717) is 6.42 Å². The molecule has 0 radical (unpaired) electrons. The summed E-state index contributed by atoms with van der Waals surface area (Å²) in [4.78, 5) is 12.9. The van der Waals surface area contributed by atoms with Crippen LogP contribution in [0.1, 0.15) is 32.8 Å². The zero-order chi connectivity index (χ0) is 22.3. The average molecular weight is 437 g/mol. The van der Waals surface area contributed by atoms with Crippen molar-refractivity contribution in [2.75, 3.05) is 6.61 Å². The number of ether oxygens (including phenoxy) is 1. The molecule has 2 rings (SSSR count). The van der Waals surface area contributed by atoms with Crippen molar-refractivity contribution in [3.05, 3.63) is 59.9 Å². The lowest BCUT2D eigenvalue weighted by molar-refractivity contribution is -0.123. The first kappa shape index (κ1) is 23.8. The molecule has 164 valence electrons. The number of sulfonamides is 1. The maximum absolute atomic E-state index is 13.7. The Kier molecular flexibility index (Phi) is 8.37. The molecule has 1 amide bonds. The van der Waals surface area contributed by atoms with Crippen molar-refractivity contribution in [1.82, 2.24) is 10.0 Å².